The van der Waals surface area contributed by atoms with Gasteiger partial charge in [0.15, 0.2) is 0 Å². The van der Waals surface area contributed by atoms with Crippen molar-refractivity contribution in [1.29, 1.82) is 0 Å². The van der Waals surface area contributed by atoms with Gasteiger partial charge in [0.25, 0.3) is 0 Å². The van der Waals surface area contributed by atoms with Crippen LogP contribution in [0.1, 0.15) is 20.8 Å². The summed E-state index contributed by atoms with van der Waals surface area (Å²) in [4.78, 5) is 10.8. The second kappa shape index (κ2) is 2.90. The maximum Gasteiger partial charge on any atom is 0.330 e. The average Bonchev–Trinajstić information content (AvgIpc) is 1.92. The third-order valence-electron chi connectivity index (χ3n) is 1.84. The lowest BCUT2D eigenvalue weighted by atomic mass is 9.85. The maximum absolute atomic E-state index is 10.8. The molecule has 0 unspecified atom stereocenters. The van der Waals surface area contributed by atoms with Gasteiger partial charge in [-0.3, -0.25) is 0 Å². The molecule has 1 heterocycles. The summed E-state index contributed by atoms with van der Waals surface area (Å²) in [5.74, 6) is -0.375. The first-order valence-electron chi connectivity index (χ1n) is 3.98. The van der Waals surface area contributed by atoms with Gasteiger partial charge in [0.2, 0.25) is 0 Å². The number of hydrogen-bond acceptors (Lipinski definition) is 3. The lowest BCUT2D eigenvalue weighted by Crippen LogP contribution is -2.42. The Morgan fingerprint density at radius 2 is 2.08 bits per heavy atom. The Hall–Kier alpha value is -0.830. The van der Waals surface area contributed by atoms with Crippen LogP contribution in [-0.2, 0) is 9.53 Å². The SMILES string of the molecule is CC(C)(C)[C@H]1OC(=O)C=C[C@H]1O. The minimum Gasteiger partial charge on any atom is -0.456 e. The van der Waals surface area contributed by atoms with Crippen LogP contribution >= 0.6 is 0 Å². The van der Waals surface area contributed by atoms with Gasteiger partial charge in [-0.15, -0.1) is 0 Å². The standard InChI is InChI=1S/C9H14O3/c1-9(2,3)8-6(10)4-5-7(11)12-8/h4-6,8,10H,1-3H3/t6-,8+/m1/s1. The highest BCUT2D eigenvalue weighted by Crippen LogP contribution is 2.27. The van der Waals surface area contributed by atoms with Crippen molar-refractivity contribution in [1.82, 2.24) is 0 Å². The summed E-state index contributed by atoms with van der Waals surface area (Å²) in [5, 5.41) is 9.46. The Labute approximate surface area is 72.0 Å². The zero-order valence-corrected chi connectivity index (χ0v) is 7.57. The highest BCUT2D eigenvalue weighted by atomic mass is 16.6. The molecule has 0 aromatic heterocycles. The van der Waals surface area contributed by atoms with E-state index >= 15 is 0 Å². The lowest BCUT2D eigenvalue weighted by molar-refractivity contribution is -0.158. The molecule has 0 fully saturated rings. The summed E-state index contributed by atoms with van der Waals surface area (Å²) in [7, 11) is 0. The molecule has 0 aromatic rings. The average molecular weight is 170 g/mol. The second-order valence-corrected chi connectivity index (χ2v) is 4.07. The zero-order chi connectivity index (χ0) is 9.35. The van der Waals surface area contributed by atoms with Gasteiger partial charge in [-0.05, 0) is 6.08 Å². The van der Waals surface area contributed by atoms with Gasteiger partial charge in [-0.25, -0.2) is 4.79 Å². The number of carbonyl (C=O) groups is 1. The first kappa shape index (κ1) is 9.26. The number of ether oxygens (including phenoxy) is 1. The van der Waals surface area contributed by atoms with E-state index in [2.05, 4.69) is 0 Å². The predicted molar refractivity (Wildman–Crippen MR) is 44.5 cm³/mol. The number of aliphatic hydroxyl groups excluding tert-OH is 1. The van der Waals surface area contributed by atoms with Crippen LogP contribution in [0, 0.1) is 5.41 Å². The molecule has 68 valence electrons. The van der Waals surface area contributed by atoms with Crippen molar-refractivity contribution >= 4 is 5.97 Å². The molecule has 0 aliphatic carbocycles. The number of hydrogen-bond donors (Lipinski definition) is 1. The predicted octanol–water partition coefficient (Wildman–Crippen LogP) is 0.875. The summed E-state index contributed by atoms with van der Waals surface area (Å²) in [5.41, 5.74) is -0.222. The van der Waals surface area contributed by atoms with Crippen LogP contribution in [-0.4, -0.2) is 23.3 Å². The molecular weight excluding hydrogens is 156 g/mol. The van der Waals surface area contributed by atoms with Crippen molar-refractivity contribution in [2.75, 3.05) is 0 Å². The number of aliphatic hydroxyl groups is 1. The smallest absolute Gasteiger partial charge is 0.330 e. The number of esters is 1. The number of carbonyl (C=O) groups excluding carboxylic acids is 1. The molecule has 1 rings (SSSR count). The molecule has 0 aromatic carbocycles. The number of cyclic esters (lactones) is 1. The molecule has 1 N–H and O–H groups in total. The van der Waals surface area contributed by atoms with Crippen LogP contribution < -0.4 is 0 Å². The van der Waals surface area contributed by atoms with E-state index in [9.17, 15) is 9.90 Å². The van der Waals surface area contributed by atoms with E-state index in [1.54, 1.807) is 0 Å². The summed E-state index contributed by atoms with van der Waals surface area (Å²) in [6, 6.07) is 0. The van der Waals surface area contributed by atoms with E-state index in [4.69, 9.17) is 4.74 Å². The van der Waals surface area contributed by atoms with Gasteiger partial charge in [0.1, 0.15) is 12.2 Å². The van der Waals surface area contributed by atoms with Gasteiger partial charge < -0.3 is 9.84 Å². The maximum atomic E-state index is 10.8. The van der Waals surface area contributed by atoms with Crippen molar-refractivity contribution in [3.63, 3.8) is 0 Å². The van der Waals surface area contributed by atoms with Gasteiger partial charge in [-0.2, -0.15) is 0 Å². The molecule has 1 aliphatic rings. The Morgan fingerprint density at radius 1 is 1.50 bits per heavy atom. The van der Waals surface area contributed by atoms with Crippen LogP contribution in [0.2, 0.25) is 0 Å². The molecule has 1 aliphatic heterocycles. The van der Waals surface area contributed by atoms with Gasteiger partial charge >= 0.3 is 5.97 Å². The molecule has 0 bridgehead atoms. The van der Waals surface area contributed by atoms with Crippen LogP contribution in [0.5, 0.6) is 0 Å². The third kappa shape index (κ3) is 1.85. The quantitative estimate of drug-likeness (QED) is 0.549. The highest BCUT2D eigenvalue weighted by Gasteiger charge is 2.35. The minimum absolute atomic E-state index is 0.222. The second-order valence-electron chi connectivity index (χ2n) is 4.07. The molecule has 0 saturated heterocycles. The fourth-order valence-electron chi connectivity index (χ4n) is 1.20. The summed E-state index contributed by atoms with van der Waals surface area (Å²) in [6.45, 7) is 5.77. The highest BCUT2D eigenvalue weighted by molar-refractivity contribution is 5.83. The fraction of sp³-hybridized carbons (Fsp3) is 0.667. The lowest BCUT2D eigenvalue weighted by Gasteiger charge is -2.34. The Kier molecular flexibility index (Phi) is 2.24. The van der Waals surface area contributed by atoms with E-state index in [1.807, 2.05) is 20.8 Å². The largest absolute Gasteiger partial charge is 0.456 e. The van der Waals surface area contributed by atoms with Crippen LogP contribution in [0.3, 0.4) is 0 Å². The topological polar surface area (TPSA) is 46.5 Å². The summed E-state index contributed by atoms with van der Waals surface area (Å²) in [6.07, 6.45) is 1.62. The molecule has 3 nitrogen and oxygen atoms in total. The minimum atomic E-state index is -0.678. The van der Waals surface area contributed by atoms with Crippen molar-refractivity contribution < 1.29 is 14.6 Å². The van der Waals surface area contributed by atoms with Gasteiger partial charge in [-0.1, -0.05) is 20.8 Å². The van der Waals surface area contributed by atoms with Crippen LogP contribution in [0.25, 0.3) is 0 Å². The molecule has 0 amide bonds. The Bertz CT molecular complexity index is 212. The molecule has 3 heteroatoms. The van der Waals surface area contributed by atoms with Gasteiger partial charge in [0, 0.05) is 11.5 Å². The van der Waals surface area contributed by atoms with E-state index in [0.717, 1.165) is 0 Å². The van der Waals surface area contributed by atoms with Crippen molar-refractivity contribution in [3.05, 3.63) is 12.2 Å². The molecular formula is C9H14O3. The van der Waals surface area contributed by atoms with Crippen LogP contribution in [0.4, 0.5) is 0 Å². The van der Waals surface area contributed by atoms with E-state index in [1.165, 1.54) is 12.2 Å². The first-order valence-corrected chi connectivity index (χ1v) is 3.98. The zero-order valence-electron chi connectivity index (χ0n) is 7.57. The van der Waals surface area contributed by atoms with Gasteiger partial charge in [0.05, 0.1) is 0 Å². The first-order chi connectivity index (χ1) is 5.41. The monoisotopic (exact) mass is 170 g/mol. The van der Waals surface area contributed by atoms with E-state index in [-0.39, 0.29) is 11.4 Å². The molecule has 0 saturated carbocycles. The summed E-state index contributed by atoms with van der Waals surface area (Å²) < 4.78 is 4.99. The Morgan fingerprint density at radius 3 is 2.50 bits per heavy atom. The van der Waals surface area contributed by atoms with Crippen molar-refractivity contribution in [2.24, 2.45) is 5.41 Å². The molecule has 2 atom stereocenters. The van der Waals surface area contributed by atoms with E-state index < -0.39 is 12.2 Å². The van der Waals surface area contributed by atoms with E-state index in [0.29, 0.717) is 0 Å². The Balaban J connectivity index is 2.79. The normalized spacial score (nSPS) is 30.2. The van der Waals surface area contributed by atoms with Crippen molar-refractivity contribution in [3.8, 4) is 0 Å². The van der Waals surface area contributed by atoms with Crippen LogP contribution in [0.15, 0.2) is 12.2 Å². The molecule has 12 heavy (non-hydrogen) atoms. The fourth-order valence-corrected chi connectivity index (χ4v) is 1.20. The third-order valence-corrected chi connectivity index (χ3v) is 1.84. The van der Waals surface area contributed by atoms with Crippen molar-refractivity contribution in [2.45, 2.75) is 33.0 Å². The number of rotatable bonds is 0. The molecule has 0 radical (unpaired) electrons. The molecule has 0 spiro atoms. The summed E-state index contributed by atoms with van der Waals surface area (Å²) >= 11 is 0.